The summed E-state index contributed by atoms with van der Waals surface area (Å²) in [6.07, 6.45) is 0.262. The third-order valence-corrected chi connectivity index (χ3v) is 4.62. The highest BCUT2D eigenvalue weighted by Gasteiger charge is 2.61. The van der Waals surface area contributed by atoms with Crippen LogP contribution < -0.4 is 0 Å². The highest BCUT2D eigenvalue weighted by Crippen LogP contribution is 2.53. The van der Waals surface area contributed by atoms with Crippen LogP contribution in [0.25, 0.3) is 0 Å². The number of sulfone groups is 1. The zero-order valence-corrected chi connectivity index (χ0v) is 8.75. The molecular weight excluding hydrogens is 208 g/mol. The Balaban J connectivity index is 2.66. The lowest BCUT2D eigenvalue weighted by atomic mass is 10.1. The van der Waals surface area contributed by atoms with Crippen LogP contribution in [0.4, 0.5) is 0 Å². The smallest absolute Gasteiger partial charge is 0.312 e. The number of aliphatic hydroxyl groups is 1. The summed E-state index contributed by atoms with van der Waals surface area (Å²) in [6, 6.07) is 0. The van der Waals surface area contributed by atoms with Gasteiger partial charge in [-0.05, 0) is 12.3 Å². The molecular formula is C8H14O5S. The standard InChI is InChI=1S/C8H14O5S/c1-2-14(12,13)4-6-3-8(6,5-9)7(10)11/h6,9H,2-5H2,1H3,(H,10,11)/t6-,8-/m1/s1. The summed E-state index contributed by atoms with van der Waals surface area (Å²) in [5.74, 6) is -1.63. The van der Waals surface area contributed by atoms with Crippen LogP contribution in [0.2, 0.25) is 0 Å². The van der Waals surface area contributed by atoms with Gasteiger partial charge in [0.05, 0.1) is 17.8 Å². The minimum Gasteiger partial charge on any atom is -0.481 e. The van der Waals surface area contributed by atoms with Gasteiger partial charge in [-0.25, -0.2) is 8.42 Å². The monoisotopic (exact) mass is 222 g/mol. The maximum atomic E-state index is 11.2. The molecule has 1 aliphatic carbocycles. The Morgan fingerprint density at radius 2 is 2.14 bits per heavy atom. The average molecular weight is 222 g/mol. The summed E-state index contributed by atoms with van der Waals surface area (Å²) in [7, 11) is -3.15. The van der Waals surface area contributed by atoms with Crippen molar-refractivity contribution in [2.45, 2.75) is 13.3 Å². The van der Waals surface area contributed by atoms with Crippen molar-refractivity contribution < 1.29 is 23.4 Å². The first kappa shape index (κ1) is 11.5. The third kappa shape index (κ3) is 1.90. The second-order valence-corrected chi connectivity index (χ2v) is 6.12. The van der Waals surface area contributed by atoms with Crippen LogP contribution in [0, 0.1) is 11.3 Å². The van der Waals surface area contributed by atoms with Gasteiger partial charge in [-0.2, -0.15) is 0 Å². The Bertz CT molecular complexity index is 334. The van der Waals surface area contributed by atoms with Gasteiger partial charge >= 0.3 is 5.97 Å². The Morgan fingerprint density at radius 3 is 2.43 bits per heavy atom. The number of aliphatic carboxylic acids is 1. The predicted octanol–water partition coefficient (Wildman–Crippen LogP) is -0.496. The van der Waals surface area contributed by atoms with Gasteiger partial charge in [0.15, 0.2) is 0 Å². The molecule has 2 atom stereocenters. The molecule has 1 fully saturated rings. The van der Waals surface area contributed by atoms with E-state index < -0.39 is 33.7 Å². The van der Waals surface area contributed by atoms with Crippen molar-refractivity contribution in [3.8, 4) is 0 Å². The maximum Gasteiger partial charge on any atom is 0.312 e. The Hall–Kier alpha value is -0.620. The lowest BCUT2D eigenvalue weighted by molar-refractivity contribution is -0.145. The molecule has 0 aromatic rings. The summed E-state index contributed by atoms with van der Waals surface area (Å²) in [4.78, 5) is 10.7. The van der Waals surface area contributed by atoms with Crippen molar-refractivity contribution in [1.29, 1.82) is 0 Å². The van der Waals surface area contributed by atoms with Crippen molar-refractivity contribution in [3.05, 3.63) is 0 Å². The number of carbonyl (C=O) groups is 1. The summed E-state index contributed by atoms with van der Waals surface area (Å²) in [5, 5.41) is 17.7. The van der Waals surface area contributed by atoms with Crippen molar-refractivity contribution in [2.75, 3.05) is 18.1 Å². The molecule has 0 aliphatic heterocycles. The molecule has 1 aliphatic rings. The highest BCUT2D eigenvalue weighted by molar-refractivity contribution is 7.91. The van der Waals surface area contributed by atoms with Crippen molar-refractivity contribution in [3.63, 3.8) is 0 Å². The Morgan fingerprint density at radius 1 is 1.57 bits per heavy atom. The Kier molecular flexibility index (Phi) is 2.87. The minimum atomic E-state index is -3.15. The first-order valence-electron chi connectivity index (χ1n) is 4.42. The number of carboxylic acids is 1. The predicted molar refractivity (Wildman–Crippen MR) is 49.6 cm³/mol. The van der Waals surface area contributed by atoms with Crippen molar-refractivity contribution in [1.82, 2.24) is 0 Å². The molecule has 0 radical (unpaired) electrons. The first-order valence-corrected chi connectivity index (χ1v) is 6.25. The van der Waals surface area contributed by atoms with Crippen LogP contribution in [0.15, 0.2) is 0 Å². The lowest BCUT2D eigenvalue weighted by Crippen LogP contribution is -2.25. The molecule has 0 aromatic heterocycles. The normalized spacial score (nSPS) is 31.4. The zero-order chi connectivity index (χ0) is 11.0. The molecule has 1 rings (SSSR count). The summed E-state index contributed by atoms with van der Waals surface area (Å²) >= 11 is 0. The van der Waals surface area contributed by atoms with E-state index in [-0.39, 0.29) is 17.9 Å². The SMILES string of the molecule is CCS(=O)(=O)C[C@H]1C[C@]1(CO)C(=O)O. The molecule has 0 unspecified atom stereocenters. The van der Waals surface area contributed by atoms with Gasteiger partial charge in [-0.15, -0.1) is 0 Å². The Labute approximate surface area is 82.7 Å². The van der Waals surface area contributed by atoms with Gasteiger partial charge in [0, 0.05) is 5.75 Å². The molecule has 2 N–H and O–H groups in total. The van der Waals surface area contributed by atoms with E-state index in [1.54, 1.807) is 0 Å². The highest BCUT2D eigenvalue weighted by atomic mass is 32.2. The van der Waals surface area contributed by atoms with Crippen LogP contribution >= 0.6 is 0 Å². The number of hydrogen-bond acceptors (Lipinski definition) is 4. The topological polar surface area (TPSA) is 91.7 Å². The second kappa shape index (κ2) is 3.51. The molecule has 1 saturated carbocycles. The van der Waals surface area contributed by atoms with E-state index in [0.717, 1.165) is 0 Å². The molecule has 0 amide bonds. The van der Waals surface area contributed by atoms with Gasteiger partial charge in [0.25, 0.3) is 0 Å². The number of hydrogen-bond donors (Lipinski definition) is 2. The van der Waals surface area contributed by atoms with Crippen LogP contribution in [0.3, 0.4) is 0 Å². The van der Waals surface area contributed by atoms with E-state index in [9.17, 15) is 13.2 Å². The molecule has 82 valence electrons. The largest absolute Gasteiger partial charge is 0.481 e. The van der Waals surface area contributed by atoms with Crippen LogP contribution in [-0.4, -0.2) is 42.7 Å². The summed E-state index contributed by atoms with van der Waals surface area (Å²) in [5.41, 5.74) is -1.19. The second-order valence-electron chi connectivity index (χ2n) is 3.72. The van der Waals surface area contributed by atoms with E-state index >= 15 is 0 Å². The van der Waals surface area contributed by atoms with Crippen LogP contribution in [-0.2, 0) is 14.6 Å². The van der Waals surface area contributed by atoms with E-state index in [1.165, 1.54) is 6.92 Å². The van der Waals surface area contributed by atoms with Crippen molar-refractivity contribution >= 4 is 15.8 Å². The van der Waals surface area contributed by atoms with Gasteiger partial charge in [0.1, 0.15) is 9.84 Å². The minimum absolute atomic E-state index is 0.0185. The summed E-state index contributed by atoms with van der Waals surface area (Å²) < 4.78 is 22.4. The van der Waals surface area contributed by atoms with Gasteiger partial charge in [-0.1, -0.05) is 6.92 Å². The molecule has 14 heavy (non-hydrogen) atoms. The van der Waals surface area contributed by atoms with E-state index in [4.69, 9.17) is 10.2 Å². The average Bonchev–Trinajstić information content (AvgIpc) is 2.79. The molecule has 6 heteroatoms. The molecule has 0 aromatic carbocycles. The van der Waals surface area contributed by atoms with E-state index in [1.807, 2.05) is 0 Å². The third-order valence-electron chi connectivity index (χ3n) is 2.84. The molecule has 0 heterocycles. The molecule has 0 saturated heterocycles. The zero-order valence-electron chi connectivity index (χ0n) is 7.93. The van der Waals surface area contributed by atoms with Crippen LogP contribution in [0.1, 0.15) is 13.3 Å². The number of carboxylic acid groups (broad SMARTS) is 1. The van der Waals surface area contributed by atoms with E-state index in [0.29, 0.717) is 0 Å². The molecule has 0 spiro atoms. The molecule has 5 nitrogen and oxygen atoms in total. The van der Waals surface area contributed by atoms with Gasteiger partial charge in [-0.3, -0.25) is 4.79 Å². The van der Waals surface area contributed by atoms with Gasteiger partial charge in [0.2, 0.25) is 0 Å². The summed E-state index contributed by atoms with van der Waals surface area (Å²) in [6.45, 7) is 1.05. The lowest BCUT2D eigenvalue weighted by Gasteiger charge is -2.07. The number of aliphatic hydroxyl groups excluding tert-OH is 1. The maximum absolute atomic E-state index is 11.2. The van der Waals surface area contributed by atoms with Crippen LogP contribution in [0.5, 0.6) is 0 Å². The fourth-order valence-electron chi connectivity index (χ4n) is 1.55. The number of rotatable bonds is 5. The quantitative estimate of drug-likeness (QED) is 0.654. The van der Waals surface area contributed by atoms with Gasteiger partial charge < -0.3 is 10.2 Å². The molecule has 0 bridgehead atoms. The fourth-order valence-corrected chi connectivity index (χ4v) is 2.83. The fraction of sp³-hybridized carbons (Fsp3) is 0.875. The van der Waals surface area contributed by atoms with E-state index in [2.05, 4.69) is 0 Å². The first-order chi connectivity index (χ1) is 6.38. The van der Waals surface area contributed by atoms with Crippen molar-refractivity contribution in [2.24, 2.45) is 11.3 Å².